The summed E-state index contributed by atoms with van der Waals surface area (Å²) >= 11 is 0. The highest BCUT2D eigenvalue weighted by atomic mass is 16.7. The van der Waals surface area contributed by atoms with Gasteiger partial charge in [-0.25, -0.2) is 4.98 Å². The van der Waals surface area contributed by atoms with Gasteiger partial charge in [-0.05, 0) is 6.42 Å². The van der Waals surface area contributed by atoms with Crippen molar-refractivity contribution in [2.24, 2.45) is 0 Å². The Kier molecular flexibility index (Phi) is 3.16. The Labute approximate surface area is 83.8 Å². The number of hydrogen-bond acceptors (Lipinski definition) is 3. The molecule has 0 amide bonds. The predicted molar refractivity (Wildman–Crippen MR) is 51.8 cm³/mol. The fourth-order valence-electron chi connectivity index (χ4n) is 1.56. The maximum Gasteiger partial charge on any atom is 0.217 e. The lowest BCUT2D eigenvalue weighted by Crippen LogP contribution is -2.09. The summed E-state index contributed by atoms with van der Waals surface area (Å²) in [6.45, 7) is 4.52. The number of rotatable bonds is 4. The molecular weight excluding hydrogens is 180 g/mol. The fraction of sp³-hybridized carbons (Fsp3) is 0.700. The van der Waals surface area contributed by atoms with Gasteiger partial charge in [0.1, 0.15) is 0 Å². The molecular formula is C10H16N2O2. The Balaban J connectivity index is 2.04. The molecule has 0 radical (unpaired) electrons. The van der Waals surface area contributed by atoms with Crippen LogP contribution in [0.5, 0.6) is 0 Å². The van der Waals surface area contributed by atoms with Crippen LogP contribution in [0.15, 0.2) is 12.4 Å². The first-order valence-electron chi connectivity index (χ1n) is 5.16. The third-order valence-corrected chi connectivity index (χ3v) is 2.33. The topological polar surface area (TPSA) is 36.3 Å². The minimum Gasteiger partial charge on any atom is -0.343 e. The zero-order chi connectivity index (χ0) is 9.80. The van der Waals surface area contributed by atoms with Gasteiger partial charge < -0.3 is 14.0 Å². The van der Waals surface area contributed by atoms with Crippen LogP contribution in [-0.2, 0) is 16.0 Å². The van der Waals surface area contributed by atoms with E-state index in [1.54, 1.807) is 6.20 Å². The van der Waals surface area contributed by atoms with E-state index in [1.165, 1.54) is 6.42 Å². The zero-order valence-electron chi connectivity index (χ0n) is 8.48. The molecule has 0 unspecified atom stereocenters. The van der Waals surface area contributed by atoms with Gasteiger partial charge in [-0.1, -0.05) is 13.3 Å². The number of imidazole rings is 1. The van der Waals surface area contributed by atoms with Crippen molar-refractivity contribution >= 4 is 0 Å². The van der Waals surface area contributed by atoms with Gasteiger partial charge in [0, 0.05) is 18.9 Å². The van der Waals surface area contributed by atoms with E-state index >= 15 is 0 Å². The monoisotopic (exact) mass is 196 g/mol. The van der Waals surface area contributed by atoms with Crippen LogP contribution in [0.25, 0.3) is 0 Å². The minimum absolute atomic E-state index is 0.248. The molecule has 0 aromatic carbocycles. The molecule has 0 atom stereocenters. The van der Waals surface area contributed by atoms with Gasteiger partial charge in [-0.3, -0.25) is 0 Å². The summed E-state index contributed by atoms with van der Waals surface area (Å²) in [7, 11) is 0. The Morgan fingerprint density at radius 2 is 2.29 bits per heavy atom. The van der Waals surface area contributed by atoms with Crippen molar-refractivity contribution in [1.29, 1.82) is 0 Å². The van der Waals surface area contributed by atoms with Crippen LogP contribution in [0.1, 0.15) is 31.9 Å². The van der Waals surface area contributed by atoms with Crippen molar-refractivity contribution in [3.8, 4) is 0 Å². The first kappa shape index (κ1) is 9.68. The summed E-state index contributed by atoms with van der Waals surface area (Å²) in [6, 6.07) is 0. The van der Waals surface area contributed by atoms with E-state index < -0.39 is 0 Å². The van der Waals surface area contributed by atoms with Crippen molar-refractivity contribution in [2.45, 2.75) is 32.6 Å². The van der Waals surface area contributed by atoms with Crippen molar-refractivity contribution in [3.05, 3.63) is 18.2 Å². The molecule has 0 saturated carbocycles. The molecule has 0 bridgehead atoms. The van der Waals surface area contributed by atoms with Crippen LogP contribution in [0.3, 0.4) is 0 Å². The number of nitrogens with zero attached hydrogens (tertiary/aromatic N) is 2. The summed E-state index contributed by atoms with van der Waals surface area (Å²) in [4.78, 5) is 4.26. The molecule has 4 nitrogen and oxygen atoms in total. The van der Waals surface area contributed by atoms with E-state index in [0.29, 0.717) is 13.2 Å². The average Bonchev–Trinajstić information content (AvgIpc) is 2.84. The molecule has 1 aromatic rings. The van der Waals surface area contributed by atoms with E-state index in [2.05, 4.69) is 16.5 Å². The Bertz CT molecular complexity index is 279. The lowest BCUT2D eigenvalue weighted by atomic mass is 10.3. The summed E-state index contributed by atoms with van der Waals surface area (Å²) in [5.74, 6) is 0.899. The van der Waals surface area contributed by atoms with Gasteiger partial charge in [0.2, 0.25) is 6.29 Å². The first-order valence-corrected chi connectivity index (χ1v) is 5.16. The largest absolute Gasteiger partial charge is 0.343 e. The van der Waals surface area contributed by atoms with Crippen molar-refractivity contribution in [1.82, 2.24) is 9.55 Å². The molecule has 2 heterocycles. The van der Waals surface area contributed by atoms with Crippen LogP contribution in [0.2, 0.25) is 0 Å². The Morgan fingerprint density at radius 1 is 1.50 bits per heavy atom. The highest BCUT2D eigenvalue weighted by molar-refractivity contribution is 4.95. The second-order valence-corrected chi connectivity index (χ2v) is 3.41. The van der Waals surface area contributed by atoms with Crippen LogP contribution >= 0.6 is 0 Å². The lowest BCUT2D eigenvalue weighted by Gasteiger charge is -2.11. The fourth-order valence-corrected chi connectivity index (χ4v) is 1.56. The second kappa shape index (κ2) is 4.57. The highest BCUT2D eigenvalue weighted by Crippen LogP contribution is 2.21. The summed E-state index contributed by atoms with van der Waals surface area (Å²) in [5.41, 5.74) is 0. The Hall–Kier alpha value is -0.870. The molecule has 0 aliphatic carbocycles. The normalized spacial score (nSPS) is 17.8. The van der Waals surface area contributed by atoms with Gasteiger partial charge in [-0.15, -0.1) is 0 Å². The minimum atomic E-state index is -0.248. The van der Waals surface area contributed by atoms with Crippen molar-refractivity contribution < 1.29 is 9.47 Å². The number of unbranched alkanes of at least 4 members (excludes halogenated alkanes) is 1. The van der Waals surface area contributed by atoms with E-state index in [9.17, 15) is 0 Å². The van der Waals surface area contributed by atoms with Crippen LogP contribution in [0, 0.1) is 0 Å². The molecule has 0 spiro atoms. The molecule has 1 aliphatic heterocycles. The average molecular weight is 196 g/mol. The summed E-state index contributed by atoms with van der Waals surface area (Å²) in [6.07, 6.45) is 5.88. The van der Waals surface area contributed by atoms with Gasteiger partial charge in [-0.2, -0.15) is 0 Å². The van der Waals surface area contributed by atoms with Crippen molar-refractivity contribution in [2.75, 3.05) is 13.2 Å². The third kappa shape index (κ3) is 1.96. The van der Waals surface area contributed by atoms with Gasteiger partial charge in [0.25, 0.3) is 0 Å². The molecule has 14 heavy (non-hydrogen) atoms. The smallest absolute Gasteiger partial charge is 0.217 e. The molecule has 0 N–H and O–H groups in total. The molecule has 1 saturated heterocycles. The molecule has 1 aromatic heterocycles. The molecule has 78 valence electrons. The maximum atomic E-state index is 5.41. The van der Waals surface area contributed by atoms with Gasteiger partial charge in [0.05, 0.1) is 13.2 Å². The SMILES string of the molecule is CCCCn1ccnc1C1OCCO1. The van der Waals surface area contributed by atoms with Crippen LogP contribution in [-0.4, -0.2) is 22.8 Å². The summed E-state index contributed by atoms with van der Waals surface area (Å²) in [5, 5.41) is 0. The lowest BCUT2D eigenvalue weighted by molar-refractivity contribution is -0.0530. The summed E-state index contributed by atoms with van der Waals surface area (Å²) < 4.78 is 12.9. The second-order valence-electron chi connectivity index (χ2n) is 3.41. The van der Waals surface area contributed by atoms with E-state index in [-0.39, 0.29) is 6.29 Å². The number of ether oxygens (including phenoxy) is 2. The quantitative estimate of drug-likeness (QED) is 0.735. The molecule has 1 fully saturated rings. The first-order chi connectivity index (χ1) is 6.92. The number of hydrogen-bond donors (Lipinski definition) is 0. The molecule has 2 rings (SSSR count). The predicted octanol–water partition coefficient (Wildman–Crippen LogP) is 1.73. The van der Waals surface area contributed by atoms with Gasteiger partial charge in [0.15, 0.2) is 5.82 Å². The van der Waals surface area contributed by atoms with Crippen molar-refractivity contribution in [3.63, 3.8) is 0 Å². The maximum absolute atomic E-state index is 5.41. The van der Waals surface area contributed by atoms with E-state index in [0.717, 1.165) is 18.8 Å². The van der Waals surface area contributed by atoms with Gasteiger partial charge >= 0.3 is 0 Å². The van der Waals surface area contributed by atoms with E-state index in [1.807, 2.05) is 6.20 Å². The van der Waals surface area contributed by atoms with Crippen LogP contribution < -0.4 is 0 Å². The standard InChI is InChI=1S/C10H16N2O2/c1-2-3-5-12-6-4-11-9(12)10-13-7-8-14-10/h4,6,10H,2-3,5,7-8H2,1H3. The molecule has 4 heteroatoms. The number of aromatic nitrogens is 2. The number of aryl methyl sites for hydroxylation is 1. The zero-order valence-corrected chi connectivity index (χ0v) is 8.48. The molecule has 1 aliphatic rings. The third-order valence-electron chi connectivity index (χ3n) is 2.33. The van der Waals surface area contributed by atoms with E-state index in [4.69, 9.17) is 9.47 Å². The van der Waals surface area contributed by atoms with Crippen LogP contribution in [0.4, 0.5) is 0 Å². The highest BCUT2D eigenvalue weighted by Gasteiger charge is 2.22. The Morgan fingerprint density at radius 3 is 3.00 bits per heavy atom.